The molecule has 0 saturated carbocycles. The van der Waals surface area contributed by atoms with Gasteiger partial charge in [0.15, 0.2) is 0 Å². The Morgan fingerprint density at radius 3 is 2.90 bits per heavy atom. The Bertz CT molecular complexity index is 772. The summed E-state index contributed by atoms with van der Waals surface area (Å²) < 4.78 is 10.5. The molecule has 0 radical (unpaired) electrons. The van der Waals surface area contributed by atoms with Gasteiger partial charge in [0, 0.05) is 24.3 Å². The smallest absolute Gasteiger partial charge is 0.347 e. The molecule has 2 aromatic rings. The maximum Gasteiger partial charge on any atom is 0.347 e. The van der Waals surface area contributed by atoms with Gasteiger partial charge >= 0.3 is 11.6 Å². The summed E-state index contributed by atoms with van der Waals surface area (Å²) in [4.78, 5) is 23.1. The van der Waals surface area contributed by atoms with E-state index in [1.807, 2.05) is 13.0 Å². The van der Waals surface area contributed by atoms with Crippen LogP contribution in [-0.2, 0) is 16.0 Å². The van der Waals surface area contributed by atoms with Crippen molar-refractivity contribution in [2.24, 2.45) is 0 Å². The van der Waals surface area contributed by atoms with Gasteiger partial charge in [0.25, 0.3) is 0 Å². The molecule has 0 amide bonds. The molecule has 1 aromatic carbocycles. The number of esters is 1. The number of carbonyl (C=O) groups is 1. The van der Waals surface area contributed by atoms with Crippen LogP contribution in [-0.4, -0.2) is 11.1 Å². The Kier molecular flexibility index (Phi) is 2.78. The molecule has 20 heavy (non-hydrogen) atoms. The second-order valence-electron chi connectivity index (χ2n) is 5.07. The van der Waals surface area contributed by atoms with E-state index >= 15 is 0 Å². The van der Waals surface area contributed by atoms with Crippen molar-refractivity contribution >= 4 is 16.7 Å². The summed E-state index contributed by atoms with van der Waals surface area (Å²) in [5, 5.41) is 10.7. The Morgan fingerprint density at radius 2 is 2.20 bits per heavy atom. The standard InChI is InChI=1S/C15H14O5/c1-7-5-9-13(10(17)6-7)15(18)20-12-4-3-11(14(9)12)19-8(2)16/h5-6,11,17H,3-4H2,1-2H3. The number of carbonyl (C=O) groups excluding carboxylic acids is 1. The van der Waals surface area contributed by atoms with Crippen LogP contribution < -0.4 is 5.63 Å². The van der Waals surface area contributed by atoms with E-state index in [-0.39, 0.29) is 17.1 Å². The number of phenolic OH excluding ortho intramolecular Hbond substituents is 1. The monoisotopic (exact) mass is 274 g/mol. The second-order valence-corrected chi connectivity index (χ2v) is 5.07. The van der Waals surface area contributed by atoms with Crippen LogP contribution in [0.5, 0.6) is 5.75 Å². The van der Waals surface area contributed by atoms with Gasteiger partial charge < -0.3 is 14.3 Å². The van der Waals surface area contributed by atoms with Crippen LogP contribution in [0.2, 0.25) is 0 Å². The SMILES string of the molecule is CC(=O)OC1CCc2oc(=O)c3c(O)cc(C)cc3c21. The maximum absolute atomic E-state index is 12.0. The van der Waals surface area contributed by atoms with E-state index in [9.17, 15) is 14.7 Å². The zero-order chi connectivity index (χ0) is 14.4. The lowest BCUT2D eigenvalue weighted by atomic mass is 10.0. The van der Waals surface area contributed by atoms with E-state index < -0.39 is 11.7 Å². The van der Waals surface area contributed by atoms with Gasteiger partial charge in [0.1, 0.15) is 23.0 Å². The summed E-state index contributed by atoms with van der Waals surface area (Å²) in [7, 11) is 0. The van der Waals surface area contributed by atoms with Crippen LogP contribution in [0, 0.1) is 6.92 Å². The average Bonchev–Trinajstić information content (AvgIpc) is 2.70. The number of benzene rings is 1. The molecule has 1 heterocycles. The van der Waals surface area contributed by atoms with Crippen LogP contribution in [0.25, 0.3) is 10.8 Å². The van der Waals surface area contributed by atoms with Crippen LogP contribution >= 0.6 is 0 Å². The Hall–Kier alpha value is -2.30. The van der Waals surface area contributed by atoms with Crippen molar-refractivity contribution in [1.82, 2.24) is 0 Å². The summed E-state index contributed by atoms with van der Waals surface area (Å²) in [6.45, 7) is 3.18. The summed E-state index contributed by atoms with van der Waals surface area (Å²) in [5.74, 6) is 0.0582. The van der Waals surface area contributed by atoms with E-state index in [1.165, 1.54) is 13.0 Å². The molecule has 0 spiro atoms. The zero-order valence-corrected chi connectivity index (χ0v) is 11.2. The molecule has 0 aliphatic heterocycles. The van der Waals surface area contributed by atoms with Crippen LogP contribution in [0.4, 0.5) is 0 Å². The molecule has 0 fully saturated rings. The lowest BCUT2D eigenvalue weighted by Gasteiger charge is -2.14. The third-order valence-corrected chi connectivity index (χ3v) is 3.54. The number of hydrogen-bond donors (Lipinski definition) is 1. The largest absolute Gasteiger partial charge is 0.507 e. The second kappa shape index (κ2) is 4.37. The summed E-state index contributed by atoms with van der Waals surface area (Å²) in [6.07, 6.45) is 0.717. The number of ether oxygens (including phenoxy) is 1. The van der Waals surface area contributed by atoms with E-state index in [4.69, 9.17) is 9.15 Å². The van der Waals surface area contributed by atoms with Crippen LogP contribution in [0.1, 0.15) is 36.3 Å². The fraction of sp³-hybridized carbons (Fsp3) is 0.333. The van der Waals surface area contributed by atoms with Gasteiger partial charge in [-0.25, -0.2) is 4.79 Å². The van der Waals surface area contributed by atoms with Gasteiger partial charge in [-0.05, 0) is 25.0 Å². The van der Waals surface area contributed by atoms with Crippen molar-refractivity contribution in [2.75, 3.05) is 0 Å². The Labute approximate surface area is 114 Å². The van der Waals surface area contributed by atoms with Crippen molar-refractivity contribution in [2.45, 2.75) is 32.8 Å². The van der Waals surface area contributed by atoms with Crippen molar-refractivity contribution < 1.29 is 19.1 Å². The van der Waals surface area contributed by atoms with Gasteiger partial charge in [-0.2, -0.15) is 0 Å². The fourth-order valence-electron chi connectivity index (χ4n) is 2.83. The van der Waals surface area contributed by atoms with E-state index in [0.29, 0.717) is 29.6 Å². The summed E-state index contributed by atoms with van der Waals surface area (Å²) in [6, 6.07) is 3.33. The maximum atomic E-state index is 12.0. The predicted molar refractivity (Wildman–Crippen MR) is 71.7 cm³/mol. The average molecular weight is 274 g/mol. The number of rotatable bonds is 1. The van der Waals surface area contributed by atoms with Crippen molar-refractivity contribution in [3.8, 4) is 5.75 Å². The minimum absolute atomic E-state index is 0.106. The number of aromatic hydroxyl groups is 1. The highest BCUT2D eigenvalue weighted by atomic mass is 16.5. The first-order valence-corrected chi connectivity index (χ1v) is 6.44. The molecule has 1 aliphatic rings. The van der Waals surface area contributed by atoms with E-state index in [0.717, 1.165) is 5.56 Å². The highest BCUT2D eigenvalue weighted by Crippen LogP contribution is 2.40. The molecule has 5 nitrogen and oxygen atoms in total. The number of fused-ring (bicyclic) bond motifs is 3. The zero-order valence-electron chi connectivity index (χ0n) is 11.2. The van der Waals surface area contributed by atoms with Crippen molar-refractivity contribution in [3.63, 3.8) is 0 Å². The molecule has 1 aliphatic carbocycles. The summed E-state index contributed by atoms with van der Waals surface area (Å²) in [5.41, 5.74) is 0.977. The van der Waals surface area contributed by atoms with Crippen molar-refractivity contribution in [3.05, 3.63) is 39.4 Å². The van der Waals surface area contributed by atoms with Gasteiger partial charge in [-0.1, -0.05) is 6.07 Å². The molecule has 0 bridgehead atoms. The van der Waals surface area contributed by atoms with Gasteiger partial charge in [0.2, 0.25) is 0 Å². The normalized spacial score (nSPS) is 17.2. The highest BCUT2D eigenvalue weighted by Gasteiger charge is 2.31. The summed E-state index contributed by atoms with van der Waals surface area (Å²) >= 11 is 0. The third kappa shape index (κ3) is 1.86. The molecule has 104 valence electrons. The Balaban J connectivity index is 2.34. The minimum atomic E-state index is -0.556. The Morgan fingerprint density at radius 1 is 1.45 bits per heavy atom. The molecule has 1 N–H and O–H groups in total. The highest BCUT2D eigenvalue weighted by molar-refractivity contribution is 5.91. The van der Waals surface area contributed by atoms with Gasteiger partial charge in [-0.3, -0.25) is 4.79 Å². The molecule has 1 aromatic heterocycles. The first-order chi connectivity index (χ1) is 9.47. The predicted octanol–water partition coefficient (Wildman–Crippen LogP) is 2.36. The molecular formula is C15H14O5. The van der Waals surface area contributed by atoms with Gasteiger partial charge in [-0.15, -0.1) is 0 Å². The molecule has 5 heteroatoms. The van der Waals surface area contributed by atoms with Gasteiger partial charge in [0.05, 0.1) is 0 Å². The molecule has 3 rings (SSSR count). The van der Waals surface area contributed by atoms with E-state index in [2.05, 4.69) is 0 Å². The van der Waals surface area contributed by atoms with Crippen LogP contribution in [0.15, 0.2) is 21.3 Å². The lowest BCUT2D eigenvalue weighted by Crippen LogP contribution is -2.09. The minimum Gasteiger partial charge on any atom is -0.507 e. The lowest BCUT2D eigenvalue weighted by molar-refractivity contribution is -0.146. The molecule has 1 atom stereocenters. The topological polar surface area (TPSA) is 76.7 Å². The van der Waals surface area contributed by atoms with Crippen molar-refractivity contribution in [1.29, 1.82) is 0 Å². The van der Waals surface area contributed by atoms with E-state index in [1.54, 1.807) is 0 Å². The quantitative estimate of drug-likeness (QED) is 0.808. The first kappa shape index (κ1) is 12.7. The molecule has 0 saturated heterocycles. The number of aryl methyl sites for hydroxylation is 2. The fourth-order valence-corrected chi connectivity index (χ4v) is 2.83. The first-order valence-electron chi connectivity index (χ1n) is 6.44. The number of phenols is 1. The van der Waals surface area contributed by atoms with Crippen LogP contribution in [0.3, 0.4) is 0 Å². The third-order valence-electron chi connectivity index (χ3n) is 3.54. The molecular weight excluding hydrogens is 260 g/mol. The number of hydrogen-bond acceptors (Lipinski definition) is 5. The molecule has 1 unspecified atom stereocenters.